The summed E-state index contributed by atoms with van der Waals surface area (Å²) >= 11 is 6.07. The SMILES string of the molecule is Cc1ccccc1-c1cc2c(c(OC3CCOC3)c1)OCCN(S(=O)(=O)c1cccc(Cl)c1)C2. The minimum absolute atomic E-state index is 0.0608. The zero-order valence-electron chi connectivity index (χ0n) is 18.9. The van der Waals surface area contributed by atoms with Crippen LogP contribution in [0.15, 0.2) is 65.6 Å². The lowest BCUT2D eigenvalue weighted by Gasteiger charge is -2.21. The number of rotatable bonds is 5. The van der Waals surface area contributed by atoms with Gasteiger partial charge in [0.05, 0.1) is 18.1 Å². The fourth-order valence-electron chi connectivity index (χ4n) is 4.37. The Hall–Kier alpha value is -2.58. The number of sulfonamides is 1. The predicted molar refractivity (Wildman–Crippen MR) is 131 cm³/mol. The average Bonchev–Trinajstić information content (AvgIpc) is 3.22. The molecule has 0 bridgehead atoms. The predicted octanol–water partition coefficient (Wildman–Crippen LogP) is 5.07. The first-order valence-corrected chi connectivity index (χ1v) is 13.1. The first kappa shape index (κ1) is 23.2. The summed E-state index contributed by atoms with van der Waals surface area (Å²) in [6.07, 6.45) is 0.743. The van der Waals surface area contributed by atoms with Gasteiger partial charge in [-0.05, 0) is 53.9 Å². The molecule has 0 aliphatic carbocycles. The molecule has 0 radical (unpaired) electrons. The van der Waals surface area contributed by atoms with Gasteiger partial charge in [0.25, 0.3) is 0 Å². The van der Waals surface area contributed by atoms with E-state index in [1.807, 2.05) is 24.3 Å². The lowest BCUT2D eigenvalue weighted by Crippen LogP contribution is -2.32. The van der Waals surface area contributed by atoms with Crippen LogP contribution in [0.3, 0.4) is 0 Å². The number of ether oxygens (including phenoxy) is 3. The first-order valence-electron chi connectivity index (χ1n) is 11.3. The summed E-state index contributed by atoms with van der Waals surface area (Å²) in [5, 5.41) is 0.379. The second-order valence-corrected chi connectivity index (χ2v) is 10.9. The third-order valence-corrected chi connectivity index (χ3v) is 8.21. The molecular formula is C26H26ClNO5S. The Morgan fingerprint density at radius 3 is 2.68 bits per heavy atom. The van der Waals surface area contributed by atoms with E-state index in [0.29, 0.717) is 29.7 Å². The summed E-state index contributed by atoms with van der Waals surface area (Å²) in [6, 6.07) is 18.4. The highest BCUT2D eigenvalue weighted by molar-refractivity contribution is 7.89. The number of fused-ring (bicyclic) bond motifs is 1. The number of aryl methyl sites for hydroxylation is 1. The molecule has 8 heteroatoms. The number of hydrogen-bond acceptors (Lipinski definition) is 5. The highest BCUT2D eigenvalue weighted by Crippen LogP contribution is 2.41. The Kier molecular flexibility index (Phi) is 6.53. The van der Waals surface area contributed by atoms with Crippen molar-refractivity contribution in [3.05, 3.63) is 76.8 Å². The quantitative estimate of drug-likeness (QED) is 0.490. The minimum Gasteiger partial charge on any atom is -0.488 e. The topological polar surface area (TPSA) is 65.1 Å². The third-order valence-electron chi connectivity index (χ3n) is 6.14. The Balaban J connectivity index is 1.57. The molecule has 0 N–H and O–H groups in total. The van der Waals surface area contributed by atoms with E-state index >= 15 is 0 Å². The van der Waals surface area contributed by atoms with Crippen LogP contribution >= 0.6 is 11.6 Å². The van der Waals surface area contributed by atoms with Crippen LogP contribution in [-0.2, 0) is 21.3 Å². The van der Waals surface area contributed by atoms with E-state index in [-0.39, 0.29) is 30.7 Å². The molecule has 2 heterocycles. The molecule has 178 valence electrons. The van der Waals surface area contributed by atoms with Crippen molar-refractivity contribution < 1.29 is 22.6 Å². The molecule has 0 amide bonds. The Morgan fingerprint density at radius 2 is 1.91 bits per heavy atom. The van der Waals surface area contributed by atoms with Gasteiger partial charge in [0, 0.05) is 30.1 Å². The molecule has 2 aliphatic heterocycles. The Labute approximate surface area is 205 Å². The van der Waals surface area contributed by atoms with Crippen molar-refractivity contribution in [3.63, 3.8) is 0 Å². The van der Waals surface area contributed by atoms with Gasteiger partial charge < -0.3 is 14.2 Å². The van der Waals surface area contributed by atoms with Gasteiger partial charge in [0.1, 0.15) is 12.7 Å². The Bertz CT molecular complexity index is 1300. The molecule has 0 spiro atoms. The van der Waals surface area contributed by atoms with Crippen molar-refractivity contribution in [1.82, 2.24) is 4.31 Å². The molecule has 1 saturated heterocycles. The number of hydrogen-bond donors (Lipinski definition) is 0. The molecular weight excluding hydrogens is 474 g/mol. The summed E-state index contributed by atoms with van der Waals surface area (Å²) in [4.78, 5) is 0.165. The van der Waals surface area contributed by atoms with Crippen LogP contribution in [-0.4, -0.2) is 45.2 Å². The van der Waals surface area contributed by atoms with Crippen LogP contribution in [0.5, 0.6) is 11.5 Å². The standard InChI is InChI=1S/C26H26ClNO5S/c1-18-5-2-3-8-24(18)19-13-20-16-28(34(29,30)23-7-4-6-21(27)15-23)10-12-32-26(20)25(14-19)33-22-9-11-31-17-22/h2-8,13-15,22H,9-12,16-17H2,1H3. The molecule has 5 rings (SSSR count). The average molecular weight is 500 g/mol. The summed E-state index contributed by atoms with van der Waals surface area (Å²) in [6.45, 7) is 3.85. The summed E-state index contributed by atoms with van der Waals surface area (Å²) in [7, 11) is -3.76. The molecule has 1 fully saturated rings. The number of halogens is 1. The monoisotopic (exact) mass is 499 g/mol. The van der Waals surface area contributed by atoms with E-state index in [2.05, 4.69) is 19.1 Å². The van der Waals surface area contributed by atoms with Crippen molar-refractivity contribution in [2.45, 2.75) is 30.9 Å². The first-order chi connectivity index (χ1) is 16.4. The van der Waals surface area contributed by atoms with E-state index in [1.165, 1.54) is 10.4 Å². The van der Waals surface area contributed by atoms with Crippen molar-refractivity contribution in [3.8, 4) is 22.6 Å². The molecule has 0 aromatic heterocycles. The van der Waals surface area contributed by atoms with Crippen LogP contribution in [0, 0.1) is 6.92 Å². The maximum absolute atomic E-state index is 13.4. The van der Waals surface area contributed by atoms with Gasteiger partial charge in [-0.1, -0.05) is 41.9 Å². The summed E-state index contributed by atoms with van der Waals surface area (Å²) in [5.74, 6) is 1.21. The highest BCUT2D eigenvalue weighted by Gasteiger charge is 2.30. The summed E-state index contributed by atoms with van der Waals surface area (Å²) in [5.41, 5.74) is 3.90. The second-order valence-electron chi connectivity index (χ2n) is 8.53. The van der Waals surface area contributed by atoms with Crippen LogP contribution < -0.4 is 9.47 Å². The van der Waals surface area contributed by atoms with E-state index < -0.39 is 10.0 Å². The molecule has 3 aromatic carbocycles. The van der Waals surface area contributed by atoms with Crippen molar-refractivity contribution in [1.29, 1.82) is 0 Å². The van der Waals surface area contributed by atoms with E-state index in [4.69, 9.17) is 25.8 Å². The van der Waals surface area contributed by atoms with Crippen molar-refractivity contribution in [2.75, 3.05) is 26.4 Å². The maximum Gasteiger partial charge on any atom is 0.243 e. The van der Waals surface area contributed by atoms with Gasteiger partial charge in [0.2, 0.25) is 10.0 Å². The van der Waals surface area contributed by atoms with Gasteiger partial charge in [-0.3, -0.25) is 0 Å². The number of nitrogens with zero attached hydrogens (tertiary/aromatic N) is 1. The maximum atomic E-state index is 13.4. The van der Waals surface area contributed by atoms with Crippen molar-refractivity contribution in [2.24, 2.45) is 0 Å². The molecule has 34 heavy (non-hydrogen) atoms. The molecule has 1 unspecified atom stereocenters. The van der Waals surface area contributed by atoms with Gasteiger partial charge in [0.15, 0.2) is 11.5 Å². The summed E-state index contributed by atoms with van der Waals surface area (Å²) < 4.78 is 46.2. The highest BCUT2D eigenvalue weighted by atomic mass is 35.5. The van der Waals surface area contributed by atoms with Crippen molar-refractivity contribution >= 4 is 21.6 Å². The van der Waals surface area contributed by atoms with Crippen LogP contribution in [0.1, 0.15) is 17.5 Å². The normalized spacial score (nSPS) is 18.7. The largest absolute Gasteiger partial charge is 0.488 e. The van der Waals surface area contributed by atoms with Gasteiger partial charge in [-0.15, -0.1) is 0 Å². The zero-order valence-corrected chi connectivity index (χ0v) is 20.4. The van der Waals surface area contributed by atoms with E-state index in [9.17, 15) is 8.42 Å². The van der Waals surface area contributed by atoms with Crippen LogP contribution in [0.25, 0.3) is 11.1 Å². The lowest BCUT2D eigenvalue weighted by atomic mass is 9.98. The smallest absolute Gasteiger partial charge is 0.243 e. The lowest BCUT2D eigenvalue weighted by molar-refractivity contribution is 0.137. The van der Waals surface area contributed by atoms with E-state index in [0.717, 1.165) is 28.7 Å². The zero-order chi connectivity index (χ0) is 23.7. The minimum atomic E-state index is -3.76. The van der Waals surface area contributed by atoms with Gasteiger partial charge in [-0.2, -0.15) is 4.31 Å². The van der Waals surface area contributed by atoms with E-state index in [1.54, 1.807) is 18.2 Å². The van der Waals surface area contributed by atoms with Crippen LogP contribution in [0.4, 0.5) is 0 Å². The van der Waals surface area contributed by atoms with Crippen LogP contribution in [0.2, 0.25) is 5.02 Å². The van der Waals surface area contributed by atoms with Gasteiger partial charge in [-0.25, -0.2) is 8.42 Å². The Morgan fingerprint density at radius 1 is 1.06 bits per heavy atom. The fraction of sp³-hybridized carbons (Fsp3) is 0.308. The molecule has 2 aliphatic rings. The molecule has 3 aromatic rings. The number of benzene rings is 3. The molecule has 1 atom stereocenters. The fourth-order valence-corrected chi connectivity index (χ4v) is 6.07. The van der Waals surface area contributed by atoms with Gasteiger partial charge >= 0.3 is 0 Å². The third kappa shape index (κ3) is 4.66. The molecule has 6 nitrogen and oxygen atoms in total. The second kappa shape index (κ2) is 9.58. The molecule has 0 saturated carbocycles.